The molecule has 4 nitrogen and oxygen atoms in total. The van der Waals surface area contributed by atoms with Crippen LogP contribution in [0.4, 0.5) is 5.82 Å². The number of fused-ring (bicyclic) bond motifs is 2. The smallest absolute Gasteiger partial charge is 0.130 e. The number of aryl methyl sites for hydroxylation is 2. The van der Waals surface area contributed by atoms with Crippen LogP contribution in [0.5, 0.6) is 0 Å². The first kappa shape index (κ1) is 11.0. The average Bonchev–Trinajstić information content (AvgIpc) is 2.56. The van der Waals surface area contributed by atoms with Crippen LogP contribution in [0.25, 0.3) is 0 Å². The SMILES string of the molecule is Cc1cc(NC2CC3CCC(C2)N3)nc(C)n1. The lowest BCUT2D eigenvalue weighted by Gasteiger charge is -2.30. The summed E-state index contributed by atoms with van der Waals surface area (Å²) in [6, 6.07) is 4.05. The number of hydrogen-bond donors (Lipinski definition) is 2. The van der Waals surface area contributed by atoms with Crippen LogP contribution in [0.2, 0.25) is 0 Å². The number of rotatable bonds is 2. The Hall–Kier alpha value is -1.16. The molecule has 3 rings (SSSR count). The number of nitrogens with zero attached hydrogens (tertiary/aromatic N) is 2. The maximum atomic E-state index is 4.46. The van der Waals surface area contributed by atoms with E-state index in [-0.39, 0.29) is 0 Å². The third kappa shape index (κ3) is 2.41. The van der Waals surface area contributed by atoms with Crippen LogP contribution in [-0.4, -0.2) is 28.1 Å². The molecule has 17 heavy (non-hydrogen) atoms. The molecule has 2 fully saturated rings. The van der Waals surface area contributed by atoms with Crippen LogP contribution in [-0.2, 0) is 0 Å². The van der Waals surface area contributed by atoms with Crippen LogP contribution in [0.1, 0.15) is 37.2 Å². The van der Waals surface area contributed by atoms with Crippen molar-refractivity contribution in [3.8, 4) is 0 Å². The predicted molar refractivity (Wildman–Crippen MR) is 68.1 cm³/mol. The van der Waals surface area contributed by atoms with Gasteiger partial charge in [0, 0.05) is 29.9 Å². The molecule has 2 bridgehead atoms. The lowest BCUT2D eigenvalue weighted by molar-refractivity contribution is 0.377. The minimum Gasteiger partial charge on any atom is -0.367 e. The molecule has 3 heterocycles. The van der Waals surface area contributed by atoms with E-state index >= 15 is 0 Å². The molecule has 92 valence electrons. The molecule has 2 N–H and O–H groups in total. The van der Waals surface area contributed by atoms with Gasteiger partial charge in [-0.05, 0) is 39.5 Å². The van der Waals surface area contributed by atoms with Gasteiger partial charge in [0.25, 0.3) is 0 Å². The van der Waals surface area contributed by atoms with Gasteiger partial charge < -0.3 is 10.6 Å². The van der Waals surface area contributed by atoms with Crippen molar-refractivity contribution in [2.45, 2.75) is 57.7 Å². The minimum atomic E-state index is 0.572. The summed E-state index contributed by atoms with van der Waals surface area (Å²) in [4.78, 5) is 8.76. The summed E-state index contributed by atoms with van der Waals surface area (Å²) in [5, 5.41) is 7.23. The van der Waals surface area contributed by atoms with Gasteiger partial charge in [-0.25, -0.2) is 9.97 Å². The fourth-order valence-electron chi connectivity index (χ4n) is 3.18. The molecular weight excluding hydrogens is 212 g/mol. The summed E-state index contributed by atoms with van der Waals surface area (Å²) >= 11 is 0. The molecule has 0 amide bonds. The van der Waals surface area contributed by atoms with E-state index < -0.39 is 0 Å². The van der Waals surface area contributed by atoms with E-state index in [9.17, 15) is 0 Å². The van der Waals surface area contributed by atoms with Crippen LogP contribution < -0.4 is 10.6 Å². The molecule has 2 aliphatic rings. The van der Waals surface area contributed by atoms with E-state index in [0.717, 1.165) is 29.4 Å². The van der Waals surface area contributed by atoms with E-state index in [1.807, 2.05) is 19.9 Å². The standard InChI is InChI=1S/C13H20N4/c1-8-5-13(15-9(2)14-8)17-12-6-10-3-4-11(7-12)16-10/h5,10-12,16H,3-4,6-7H2,1-2H3,(H,14,15,17). The fourth-order valence-corrected chi connectivity index (χ4v) is 3.18. The van der Waals surface area contributed by atoms with Gasteiger partial charge in [-0.15, -0.1) is 0 Å². The number of hydrogen-bond acceptors (Lipinski definition) is 4. The summed E-state index contributed by atoms with van der Waals surface area (Å²) in [5.41, 5.74) is 1.04. The Morgan fingerprint density at radius 1 is 1.18 bits per heavy atom. The van der Waals surface area contributed by atoms with E-state index in [2.05, 4.69) is 20.6 Å². The van der Waals surface area contributed by atoms with Gasteiger partial charge in [-0.3, -0.25) is 0 Å². The van der Waals surface area contributed by atoms with Crippen molar-refractivity contribution in [2.24, 2.45) is 0 Å². The largest absolute Gasteiger partial charge is 0.367 e. The van der Waals surface area contributed by atoms with Crippen molar-refractivity contribution >= 4 is 5.82 Å². The Kier molecular flexibility index (Phi) is 2.74. The maximum Gasteiger partial charge on any atom is 0.130 e. The summed E-state index contributed by atoms with van der Waals surface area (Å²) in [7, 11) is 0. The van der Waals surface area contributed by atoms with Crippen molar-refractivity contribution in [1.29, 1.82) is 0 Å². The van der Waals surface area contributed by atoms with Gasteiger partial charge in [-0.2, -0.15) is 0 Å². The molecule has 2 unspecified atom stereocenters. The van der Waals surface area contributed by atoms with Crippen molar-refractivity contribution in [2.75, 3.05) is 5.32 Å². The van der Waals surface area contributed by atoms with E-state index in [0.29, 0.717) is 6.04 Å². The highest BCUT2D eigenvalue weighted by Gasteiger charge is 2.33. The van der Waals surface area contributed by atoms with E-state index in [4.69, 9.17) is 0 Å². The van der Waals surface area contributed by atoms with E-state index in [1.165, 1.54) is 25.7 Å². The Bertz CT molecular complexity index is 386. The molecule has 1 aromatic heterocycles. The second-order valence-electron chi connectivity index (χ2n) is 5.39. The number of aromatic nitrogens is 2. The molecule has 0 aliphatic carbocycles. The van der Waals surface area contributed by atoms with E-state index in [1.54, 1.807) is 0 Å². The molecule has 1 aromatic rings. The highest BCUT2D eigenvalue weighted by Crippen LogP contribution is 2.28. The topological polar surface area (TPSA) is 49.8 Å². The molecule has 2 aliphatic heterocycles. The zero-order valence-corrected chi connectivity index (χ0v) is 10.5. The van der Waals surface area contributed by atoms with Gasteiger partial charge >= 0.3 is 0 Å². The van der Waals surface area contributed by atoms with Gasteiger partial charge in [0.05, 0.1) is 0 Å². The second kappa shape index (κ2) is 4.26. The second-order valence-corrected chi connectivity index (χ2v) is 5.39. The van der Waals surface area contributed by atoms with Crippen LogP contribution in [0.15, 0.2) is 6.07 Å². The molecule has 2 atom stereocenters. The van der Waals surface area contributed by atoms with Gasteiger partial charge in [0.15, 0.2) is 0 Å². The van der Waals surface area contributed by atoms with Crippen LogP contribution in [0.3, 0.4) is 0 Å². The molecular formula is C13H20N4. The molecule has 0 aromatic carbocycles. The van der Waals surface area contributed by atoms with Crippen LogP contribution >= 0.6 is 0 Å². The maximum absolute atomic E-state index is 4.46. The Morgan fingerprint density at radius 2 is 1.88 bits per heavy atom. The molecule has 0 radical (unpaired) electrons. The summed E-state index contributed by atoms with van der Waals surface area (Å²) in [5.74, 6) is 1.84. The summed E-state index contributed by atoms with van der Waals surface area (Å²) < 4.78 is 0. The van der Waals surface area contributed by atoms with Crippen molar-refractivity contribution in [1.82, 2.24) is 15.3 Å². The lowest BCUT2D eigenvalue weighted by Crippen LogP contribution is -2.43. The first-order valence-corrected chi connectivity index (χ1v) is 6.54. The zero-order chi connectivity index (χ0) is 11.8. The van der Waals surface area contributed by atoms with Crippen molar-refractivity contribution < 1.29 is 0 Å². The van der Waals surface area contributed by atoms with Crippen molar-refractivity contribution in [3.05, 3.63) is 17.6 Å². The molecule has 0 saturated carbocycles. The highest BCUT2D eigenvalue weighted by molar-refractivity contribution is 5.37. The molecule has 0 spiro atoms. The fraction of sp³-hybridized carbons (Fsp3) is 0.692. The summed E-state index contributed by atoms with van der Waals surface area (Å²) in [6.45, 7) is 3.97. The quantitative estimate of drug-likeness (QED) is 0.816. The van der Waals surface area contributed by atoms with Gasteiger partial charge in [0.1, 0.15) is 11.6 Å². The van der Waals surface area contributed by atoms with Crippen molar-refractivity contribution in [3.63, 3.8) is 0 Å². The molecule has 4 heteroatoms. The summed E-state index contributed by atoms with van der Waals surface area (Å²) in [6.07, 6.45) is 5.12. The zero-order valence-electron chi connectivity index (χ0n) is 10.5. The first-order chi connectivity index (χ1) is 8.19. The number of anilines is 1. The Balaban J connectivity index is 1.70. The average molecular weight is 232 g/mol. The first-order valence-electron chi connectivity index (χ1n) is 6.54. The monoisotopic (exact) mass is 232 g/mol. The third-order valence-corrected chi connectivity index (χ3v) is 3.79. The Morgan fingerprint density at radius 3 is 2.53 bits per heavy atom. The van der Waals surface area contributed by atoms with Crippen LogP contribution in [0, 0.1) is 13.8 Å². The Labute approximate surface area is 102 Å². The third-order valence-electron chi connectivity index (χ3n) is 3.79. The van der Waals surface area contributed by atoms with Gasteiger partial charge in [0.2, 0.25) is 0 Å². The molecule has 2 saturated heterocycles. The number of nitrogens with one attached hydrogen (secondary N) is 2. The number of piperidine rings is 1. The minimum absolute atomic E-state index is 0.572. The lowest BCUT2D eigenvalue weighted by atomic mass is 10.00. The predicted octanol–water partition coefficient (Wildman–Crippen LogP) is 1.79. The highest BCUT2D eigenvalue weighted by atomic mass is 15.1. The normalized spacial score (nSPS) is 31.5. The van der Waals surface area contributed by atoms with Gasteiger partial charge in [-0.1, -0.05) is 0 Å².